The predicted molar refractivity (Wildman–Crippen MR) is 153 cm³/mol. The minimum Gasteiger partial charge on any atom is -0.282 e. The lowest BCUT2D eigenvalue weighted by Crippen LogP contribution is -2.31. The van der Waals surface area contributed by atoms with Crippen LogP contribution in [0.25, 0.3) is 0 Å². The molecule has 1 N–H and O–H groups in total. The summed E-state index contributed by atoms with van der Waals surface area (Å²) >= 11 is 12.1. The third-order valence-corrected chi connectivity index (χ3v) is 9.63. The Bertz CT molecular complexity index is 1760. The quantitative estimate of drug-likeness (QED) is 0.253. The third kappa shape index (κ3) is 5.74. The lowest BCUT2D eigenvalue weighted by atomic mass is 10.2. The smallest absolute Gasteiger partial charge is 0.282 e. The van der Waals surface area contributed by atoms with Gasteiger partial charge in [-0.25, -0.2) is 8.42 Å². The summed E-state index contributed by atoms with van der Waals surface area (Å²) in [4.78, 5) is 12.6. The van der Waals surface area contributed by atoms with Gasteiger partial charge in [0.25, 0.3) is 26.0 Å². The van der Waals surface area contributed by atoms with E-state index in [4.69, 9.17) is 23.2 Å². The molecule has 1 unspecified atom stereocenters. The summed E-state index contributed by atoms with van der Waals surface area (Å²) in [6, 6.07) is 14.1. The molecule has 1 amide bonds. The van der Waals surface area contributed by atoms with E-state index in [0.717, 1.165) is 17.1 Å². The van der Waals surface area contributed by atoms with Crippen LogP contribution < -0.4 is 9.31 Å². The van der Waals surface area contributed by atoms with Crippen LogP contribution in [-0.2, 0) is 24.9 Å². The van der Waals surface area contributed by atoms with Crippen LogP contribution in [0, 0.1) is 6.92 Å². The van der Waals surface area contributed by atoms with Crippen LogP contribution in [0.15, 0.2) is 85.8 Å². The number of halogens is 2. The number of sulfonamides is 1. The highest BCUT2D eigenvalue weighted by Crippen LogP contribution is 2.36. The molecule has 0 radical (unpaired) electrons. The summed E-state index contributed by atoms with van der Waals surface area (Å²) in [7, 11) is -8.58. The minimum absolute atomic E-state index is 0.0228. The van der Waals surface area contributed by atoms with E-state index in [1.807, 2.05) is 0 Å². The lowest BCUT2D eigenvalue weighted by Gasteiger charge is -2.24. The van der Waals surface area contributed by atoms with E-state index in [1.54, 1.807) is 56.3 Å². The first kappa shape index (κ1) is 29.6. The summed E-state index contributed by atoms with van der Waals surface area (Å²) < 4.78 is 60.7. The number of benzene rings is 3. The number of nitrogens with zero attached hydrogens (tertiary/aromatic N) is 5. The maximum Gasteiger partial charge on any atom is 0.296 e. The van der Waals surface area contributed by atoms with Gasteiger partial charge in [0.1, 0.15) is 4.90 Å². The van der Waals surface area contributed by atoms with E-state index in [-0.39, 0.29) is 38.6 Å². The van der Waals surface area contributed by atoms with Crippen molar-refractivity contribution in [1.82, 2.24) is 0 Å². The molecule has 11 nitrogen and oxygen atoms in total. The van der Waals surface area contributed by atoms with Crippen molar-refractivity contribution in [3.63, 3.8) is 0 Å². The molecule has 0 saturated carbocycles. The lowest BCUT2D eigenvalue weighted by molar-refractivity contribution is -0.117. The number of rotatable bonds is 8. The second kappa shape index (κ2) is 11.3. The van der Waals surface area contributed by atoms with Crippen molar-refractivity contribution in [3.05, 3.63) is 76.3 Å². The number of hydrogen-bond acceptors (Lipinski definition) is 8. The molecular weight excluding hydrogens is 601 g/mol. The summed E-state index contributed by atoms with van der Waals surface area (Å²) in [5, 5.41) is 12.7. The van der Waals surface area contributed by atoms with Gasteiger partial charge in [0.15, 0.2) is 6.04 Å². The van der Waals surface area contributed by atoms with Gasteiger partial charge in [0, 0.05) is 6.54 Å². The second-order valence-electron chi connectivity index (χ2n) is 8.67. The number of anilines is 2. The SMILES string of the molecule is CCN(c1ccccc1)S(=O)(=O)c1cc(N=NC2C(=O)N(c3cc(Cl)c(S(=O)(=O)O)cc3Cl)N=C2C)ccc1C. The summed E-state index contributed by atoms with van der Waals surface area (Å²) in [5.74, 6) is -0.653. The molecule has 0 bridgehead atoms. The van der Waals surface area contributed by atoms with Gasteiger partial charge in [-0.2, -0.15) is 28.8 Å². The molecule has 15 heteroatoms. The fourth-order valence-electron chi connectivity index (χ4n) is 4.00. The first-order chi connectivity index (χ1) is 18.8. The van der Waals surface area contributed by atoms with Gasteiger partial charge in [-0.3, -0.25) is 13.7 Å². The maximum atomic E-state index is 13.5. The number of para-hydroxylation sites is 1. The normalized spacial score (nSPS) is 16.1. The van der Waals surface area contributed by atoms with E-state index >= 15 is 0 Å². The van der Waals surface area contributed by atoms with Gasteiger partial charge in [-0.1, -0.05) is 47.5 Å². The largest absolute Gasteiger partial charge is 0.296 e. The van der Waals surface area contributed by atoms with Crippen molar-refractivity contribution in [2.75, 3.05) is 15.9 Å². The van der Waals surface area contributed by atoms with Gasteiger partial charge in [-0.15, -0.1) is 0 Å². The average Bonchev–Trinajstić information content (AvgIpc) is 3.17. The molecule has 1 aliphatic heterocycles. The van der Waals surface area contributed by atoms with Gasteiger partial charge >= 0.3 is 0 Å². The molecule has 0 aromatic heterocycles. The minimum atomic E-state index is -4.65. The monoisotopic (exact) mass is 623 g/mol. The molecule has 4 rings (SSSR count). The second-order valence-corrected chi connectivity index (χ2v) is 12.7. The summed E-state index contributed by atoms with van der Waals surface area (Å²) in [6.45, 7) is 5.15. The zero-order valence-electron chi connectivity index (χ0n) is 21.4. The van der Waals surface area contributed by atoms with Crippen LogP contribution in [-0.4, -0.2) is 45.6 Å². The Morgan fingerprint density at radius 3 is 2.27 bits per heavy atom. The first-order valence-corrected chi connectivity index (χ1v) is 15.3. The molecule has 0 fully saturated rings. The van der Waals surface area contributed by atoms with Gasteiger partial charge < -0.3 is 0 Å². The van der Waals surface area contributed by atoms with Gasteiger partial charge in [0.2, 0.25) is 0 Å². The standard InChI is InChI=1S/C25H23Cl2N5O6S2/c1-4-31(18-8-6-5-7-9-18)39(34,35)22-12-17(11-10-15(22)2)28-29-24-16(3)30-32(25(24)33)21-13-20(27)23(14-19(21)26)40(36,37)38/h5-14,24H,4H2,1-3H3,(H,36,37,38). The molecule has 0 saturated heterocycles. The highest BCUT2D eigenvalue weighted by molar-refractivity contribution is 7.92. The van der Waals surface area contributed by atoms with Crippen molar-refractivity contribution in [1.29, 1.82) is 0 Å². The van der Waals surface area contributed by atoms with Crippen LogP contribution in [0.5, 0.6) is 0 Å². The van der Waals surface area contributed by atoms with E-state index < -0.39 is 37.0 Å². The first-order valence-electron chi connectivity index (χ1n) is 11.7. The van der Waals surface area contributed by atoms with Crippen LogP contribution in [0.1, 0.15) is 19.4 Å². The number of carbonyl (C=O) groups is 1. The average molecular weight is 625 g/mol. The highest BCUT2D eigenvalue weighted by atomic mass is 35.5. The van der Waals surface area contributed by atoms with Crippen molar-refractivity contribution in [3.8, 4) is 0 Å². The van der Waals surface area contributed by atoms with Crippen LogP contribution >= 0.6 is 23.2 Å². The van der Waals surface area contributed by atoms with Crippen LogP contribution in [0.4, 0.5) is 17.1 Å². The summed E-state index contributed by atoms with van der Waals surface area (Å²) in [5.41, 5.74) is 1.45. The summed E-state index contributed by atoms with van der Waals surface area (Å²) in [6.07, 6.45) is 0. The molecule has 0 spiro atoms. The van der Waals surface area contributed by atoms with Crippen molar-refractivity contribution in [2.24, 2.45) is 15.3 Å². The molecule has 1 heterocycles. The number of amides is 1. The molecule has 3 aromatic rings. The van der Waals surface area contributed by atoms with E-state index in [1.165, 1.54) is 17.3 Å². The highest BCUT2D eigenvalue weighted by Gasteiger charge is 2.36. The van der Waals surface area contributed by atoms with Crippen LogP contribution in [0.3, 0.4) is 0 Å². The molecule has 1 aliphatic rings. The Morgan fingerprint density at radius 1 is 0.975 bits per heavy atom. The Morgan fingerprint density at radius 2 is 1.65 bits per heavy atom. The molecule has 1 atom stereocenters. The van der Waals surface area contributed by atoms with Gasteiger partial charge in [0.05, 0.1) is 37.7 Å². The molecule has 40 heavy (non-hydrogen) atoms. The number of hydrogen-bond donors (Lipinski definition) is 1. The van der Waals surface area contributed by atoms with Crippen molar-refractivity contribution >= 4 is 72.0 Å². The predicted octanol–water partition coefficient (Wildman–Crippen LogP) is 5.64. The number of carbonyl (C=O) groups excluding carboxylic acids is 1. The van der Waals surface area contributed by atoms with E-state index in [9.17, 15) is 26.2 Å². The van der Waals surface area contributed by atoms with E-state index in [2.05, 4.69) is 15.3 Å². The zero-order valence-corrected chi connectivity index (χ0v) is 24.5. The maximum absolute atomic E-state index is 13.5. The Kier molecular flexibility index (Phi) is 8.33. The molecular formula is C25H23Cl2N5O6S2. The Labute approximate surface area is 241 Å². The van der Waals surface area contributed by atoms with Crippen molar-refractivity contribution in [2.45, 2.75) is 36.6 Å². The molecule has 0 aliphatic carbocycles. The Balaban J connectivity index is 1.63. The topological polar surface area (TPSA) is 149 Å². The Hall–Kier alpha value is -3.36. The number of aryl methyl sites for hydroxylation is 1. The number of hydrazone groups is 1. The fourth-order valence-corrected chi connectivity index (χ4v) is 7.05. The van der Waals surface area contributed by atoms with Gasteiger partial charge in [-0.05, 0) is 62.7 Å². The molecule has 3 aromatic carbocycles. The molecule has 210 valence electrons. The zero-order chi connectivity index (χ0) is 29.4. The fraction of sp³-hybridized carbons (Fsp3) is 0.200. The van der Waals surface area contributed by atoms with E-state index in [0.29, 0.717) is 11.3 Å². The van der Waals surface area contributed by atoms with Crippen LogP contribution in [0.2, 0.25) is 10.0 Å². The number of azo groups is 1. The van der Waals surface area contributed by atoms with Crippen molar-refractivity contribution < 1.29 is 26.2 Å². The third-order valence-electron chi connectivity index (χ3n) is 5.96.